The van der Waals surface area contributed by atoms with Gasteiger partial charge in [-0.1, -0.05) is 6.07 Å². The summed E-state index contributed by atoms with van der Waals surface area (Å²) in [5.74, 6) is -0.588. The first-order chi connectivity index (χ1) is 8.67. The highest BCUT2D eigenvalue weighted by molar-refractivity contribution is 7.89. The minimum Gasteiger partial charge on any atom is -0.406 e. The summed E-state index contributed by atoms with van der Waals surface area (Å²) < 4.78 is 65.8. The summed E-state index contributed by atoms with van der Waals surface area (Å²) in [7, 11) is -3.89. The van der Waals surface area contributed by atoms with E-state index in [1.165, 1.54) is 12.1 Å². The molecule has 1 aromatic carbocycles. The average molecular weight is 296 g/mol. The molecule has 0 saturated heterocycles. The van der Waals surface area contributed by atoms with Gasteiger partial charge in [0.15, 0.2) is 0 Å². The molecule has 1 fully saturated rings. The third-order valence-electron chi connectivity index (χ3n) is 2.50. The molecule has 1 saturated carbocycles. The minimum absolute atomic E-state index is 0.246. The van der Waals surface area contributed by atoms with Gasteiger partial charge in [0.25, 0.3) is 0 Å². The van der Waals surface area contributed by atoms with Crippen molar-refractivity contribution < 1.29 is 26.3 Å². The molecule has 0 heterocycles. The Hall–Kier alpha value is -1.32. The van der Waals surface area contributed by atoms with Crippen LogP contribution in [0.4, 0.5) is 13.2 Å². The van der Waals surface area contributed by atoms with Crippen LogP contribution in [-0.2, 0) is 10.0 Å². The van der Waals surface area contributed by atoms with E-state index < -0.39 is 22.1 Å². The number of nitrogens with two attached hydrogens (primary N) is 1. The maximum atomic E-state index is 12.0. The number of sulfonamides is 1. The van der Waals surface area contributed by atoms with Crippen LogP contribution in [0.15, 0.2) is 29.2 Å². The molecule has 1 aromatic rings. The third-order valence-corrected chi connectivity index (χ3v) is 3.98. The van der Waals surface area contributed by atoms with E-state index in [9.17, 15) is 21.6 Å². The highest BCUT2D eigenvalue weighted by Gasteiger charge is 2.37. The molecule has 106 valence electrons. The number of rotatable bonds is 4. The molecule has 0 bridgehead atoms. The van der Waals surface area contributed by atoms with Crippen LogP contribution in [0, 0.1) is 0 Å². The van der Waals surface area contributed by atoms with E-state index in [1.807, 2.05) is 0 Å². The molecule has 0 spiro atoms. The fraction of sp³-hybridized carbons (Fsp3) is 0.400. The number of nitrogens with one attached hydrogen (secondary N) is 1. The van der Waals surface area contributed by atoms with Gasteiger partial charge in [-0.15, -0.1) is 13.2 Å². The van der Waals surface area contributed by atoms with Gasteiger partial charge in [-0.2, -0.15) is 0 Å². The summed E-state index contributed by atoms with van der Waals surface area (Å²) in [4.78, 5) is -0.298. The Morgan fingerprint density at radius 2 is 2.00 bits per heavy atom. The van der Waals surface area contributed by atoms with Gasteiger partial charge >= 0.3 is 6.36 Å². The second kappa shape index (κ2) is 4.66. The number of hydrogen-bond acceptors (Lipinski definition) is 4. The predicted octanol–water partition coefficient (Wildman–Crippen LogP) is 0.963. The predicted molar refractivity (Wildman–Crippen MR) is 59.8 cm³/mol. The fourth-order valence-corrected chi connectivity index (χ4v) is 2.79. The van der Waals surface area contributed by atoms with Crippen LogP contribution in [0.1, 0.15) is 6.42 Å². The van der Waals surface area contributed by atoms with Crippen molar-refractivity contribution in [2.45, 2.75) is 29.8 Å². The van der Waals surface area contributed by atoms with Crippen molar-refractivity contribution in [3.63, 3.8) is 0 Å². The Kier molecular flexibility index (Phi) is 3.45. The molecular weight excluding hydrogens is 285 g/mol. The molecule has 5 nitrogen and oxygen atoms in total. The first-order valence-corrected chi connectivity index (χ1v) is 6.79. The molecule has 19 heavy (non-hydrogen) atoms. The van der Waals surface area contributed by atoms with Crippen molar-refractivity contribution in [3.05, 3.63) is 24.3 Å². The maximum Gasteiger partial charge on any atom is 0.573 e. The molecule has 9 heteroatoms. The van der Waals surface area contributed by atoms with Crippen LogP contribution in [0.5, 0.6) is 5.75 Å². The number of ether oxygens (including phenoxy) is 1. The molecular formula is C10H11F3N2O3S. The van der Waals surface area contributed by atoms with Gasteiger partial charge in [-0.3, -0.25) is 0 Å². The smallest absolute Gasteiger partial charge is 0.406 e. The van der Waals surface area contributed by atoms with Crippen molar-refractivity contribution in [2.24, 2.45) is 5.73 Å². The zero-order chi connectivity index (χ0) is 14.3. The Labute approximate surface area is 107 Å². The second-order valence-electron chi connectivity index (χ2n) is 4.15. The average Bonchev–Trinajstić information content (AvgIpc) is 2.91. The van der Waals surface area contributed by atoms with E-state index in [1.54, 1.807) is 0 Å². The Balaban J connectivity index is 2.18. The van der Waals surface area contributed by atoms with Crippen LogP contribution >= 0.6 is 0 Å². The lowest BCUT2D eigenvalue weighted by Crippen LogP contribution is -2.29. The lowest BCUT2D eigenvalue weighted by Gasteiger charge is -2.10. The Morgan fingerprint density at radius 3 is 2.53 bits per heavy atom. The number of halogens is 3. The summed E-state index contributed by atoms with van der Waals surface area (Å²) in [5, 5.41) is 0. The lowest BCUT2D eigenvalue weighted by molar-refractivity contribution is -0.274. The normalized spacial score (nSPS) is 23.2. The number of hydrogen-bond donors (Lipinski definition) is 2. The third kappa shape index (κ3) is 3.82. The summed E-state index contributed by atoms with van der Waals surface area (Å²) in [5.41, 5.74) is 5.46. The van der Waals surface area contributed by atoms with Crippen LogP contribution in [0.3, 0.4) is 0 Å². The van der Waals surface area contributed by atoms with Gasteiger partial charge in [0.05, 0.1) is 4.90 Å². The van der Waals surface area contributed by atoms with Crippen molar-refractivity contribution in [2.75, 3.05) is 0 Å². The molecule has 1 aliphatic carbocycles. The second-order valence-corrected chi connectivity index (χ2v) is 5.86. The highest BCUT2D eigenvalue weighted by Crippen LogP contribution is 2.26. The molecule has 2 rings (SSSR count). The first-order valence-electron chi connectivity index (χ1n) is 5.31. The lowest BCUT2D eigenvalue weighted by atomic mass is 10.3. The van der Waals surface area contributed by atoms with Crippen molar-refractivity contribution in [1.82, 2.24) is 4.72 Å². The summed E-state index contributed by atoms with van der Waals surface area (Å²) in [6.07, 6.45) is -4.35. The SMILES string of the molecule is NC1CC1NS(=O)(=O)c1cccc(OC(F)(F)F)c1. The fourth-order valence-electron chi connectivity index (χ4n) is 1.46. The van der Waals surface area contributed by atoms with Gasteiger partial charge in [-0.05, 0) is 18.6 Å². The van der Waals surface area contributed by atoms with Gasteiger partial charge in [0, 0.05) is 18.2 Å². The zero-order valence-electron chi connectivity index (χ0n) is 9.52. The van der Waals surface area contributed by atoms with Gasteiger partial charge < -0.3 is 10.5 Å². The van der Waals surface area contributed by atoms with Crippen LogP contribution in [-0.4, -0.2) is 26.9 Å². The van der Waals surface area contributed by atoms with Crippen LogP contribution in [0.2, 0.25) is 0 Å². The van der Waals surface area contributed by atoms with Crippen molar-refractivity contribution in [3.8, 4) is 5.75 Å². The van der Waals surface area contributed by atoms with Crippen molar-refractivity contribution >= 4 is 10.0 Å². The summed E-state index contributed by atoms with van der Waals surface area (Å²) in [6.45, 7) is 0. The molecule has 0 amide bonds. The minimum atomic E-state index is -4.87. The molecule has 2 atom stereocenters. The molecule has 2 unspecified atom stereocenters. The van der Waals surface area contributed by atoms with E-state index >= 15 is 0 Å². The van der Waals surface area contributed by atoms with Crippen LogP contribution in [0.25, 0.3) is 0 Å². The molecule has 0 radical (unpaired) electrons. The summed E-state index contributed by atoms with van der Waals surface area (Å²) in [6, 6.07) is 3.57. The Morgan fingerprint density at radius 1 is 1.37 bits per heavy atom. The Bertz CT molecular complexity index is 574. The van der Waals surface area contributed by atoms with Crippen molar-refractivity contribution in [1.29, 1.82) is 0 Å². The van der Waals surface area contributed by atoms with Gasteiger partial charge in [0.1, 0.15) is 5.75 Å². The zero-order valence-corrected chi connectivity index (χ0v) is 10.3. The van der Waals surface area contributed by atoms with Gasteiger partial charge in [-0.25, -0.2) is 13.1 Å². The quantitative estimate of drug-likeness (QED) is 0.867. The molecule has 3 N–H and O–H groups in total. The first kappa shape index (κ1) is 14.1. The van der Waals surface area contributed by atoms with E-state index in [4.69, 9.17) is 5.73 Å². The van der Waals surface area contributed by atoms with E-state index in [-0.39, 0.29) is 17.0 Å². The topological polar surface area (TPSA) is 81.4 Å². The molecule has 1 aliphatic rings. The van der Waals surface area contributed by atoms with E-state index in [0.717, 1.165) is 12.1 Å². The highest BCUT2D eigenvalue weighted by atomic mass is 32.2. The monoisotopic (exact) mass is 296 g/mol. The van der Waals surface area contributed by atoms with E-state index in [0.29, 0.717) is 6.42 Å². The van der Waals surface area contributed by atoms with Crippen LogP contribution < -0.4 is 15.2 Å². The molecule has 0 aliphatic heterocycles. The maximum absolute atomic E-state index is 12.0. The largest absolute Gasteiger partial charge is 0.573 e. The molecule has 0 aromatic heterocycles. The van der Waals surface area contributed by atoms with E-state index in [2.05, 4.69) is 9.46 Å². The van der Waals surface area contributed by atoms with Gasteiger partial charge in [0.2, 0.25) is 10.0 Å². The number of benzene rings is 1. The summed E-state index contributed by atoms with van der Waals surface area (Å²) >= 11 is 0. The standard InChI is InChI=1S/C10H11F3N2O3S/c11-10(12,13)18-6-2-1-3-7(4-6)19(16,17)15-9-5-8(9)14/h1-4,8-9,15H,5,14H2. The number of alkyl halides is 3.